The lowest BCUT2D eigenvalue weighted by Crippen LogP contribution is -2.56. The average Bonchev–Trinajstić information content (AvgIpc) is 2.95. The van der Waals surface area contributed by atoms with Crippen LogP contribution in [0.1, 0.15) is 52.0 Å². The molecular formula is C18H28N2O. The number of carbonyl (C=O) groups excluding carboxylic acids is 1. The van der Waals surface area contributed by atoms with E-state index in [2.05, 4.69) is 38.2 Å². The molecule has 1 aliphatic heterocycles. The van der Waals surface area contributed by atoms with Gasteiger partial charge in [-0.25, -0.2) is 0 Å². The van der Waals surface area contributed by atoms with Crippen LogP contribution in [0, 0.1) is 0 Å². The van der Waals surface area contributed by atoms with Gasteiger partial charge in [-0.15, -0.1) is 0 Å². The van der Waals surface area contributed by atoms with E-state index in [-0.39, 0.29) is 17.5 Å². The highest BCUT2D eigenvalue weighted by Crippen LogP contribution is 2.28. The number of hydrogen-bond donors (Lipinski definition) is 1. The van der Waals surface area contributed by atoms with Crippen LogP contribution in [-0.2, 0) is 11.3 Å². The molecule has 116 valence electrons. The number of hydrogen-bond acceptors (Lipinski definition) is 2. The van der Waals surface area contributed by atoms with Crippen molar-refractivity contribution in [2.45, 2.75) is 64.6 Å². The van der Waals surface area contributed by atoms with E-state index in [0.717, 1.165) is 32.2 Å². The summed E-state index contributed by atoms with van der Waals surface area (Å²) < 4.78 is 0. The van der Waals surface area contributed by atoms with Crippen molar-refractivity contribution < 1.29 is 4.79 Å². The zero-order valence-corrected chi connectivity index (χ0v) is 13.6. The Balaban J connectivity index is 2.18. The lowest BCUT2D eigenvalue weighted by Gasteiger charge is -2.37. The highest BCUT2D eigenvalue weighted by atomic mass is 16.2. The van der Waals surface area contributed by atoms with Crippen molar-refractivity contribution in [3.63, 3.8) is 0 Å². The first-order chi connectivity index (χ1) is 10.1. The molecule has 2 rings (SSSR count). The molecule has 1 amide bonds. The number of nitrogens with zero attached hydrogens (tertiary/aromatic N) is 1. The fourth-order valence-electron chi connectivity index (χ4n) is 3.28. The standard InChI is InChI=1S/C18H28N2O/c1-4-11-18(12-8-13-19-18)17(21)20(15(2)3)14-16-9-6-5-7-10-16/h5-7,9-10,15,19H,4,8,11-14H2,1-3H3. The first-order valence-corrected chi connectivity index (χ1v) is 8.19. The van der Waals surface area contributed by atoms with E-state index in [1.807, 2.05) is 23.1 Å². The third-order valence-corrected chi connectivity index (χ3v) is 4.41. The lowest BCUT2D eigenvalue weighted by molar-refractivity contribution is -0.140. The fraction of sp³-hybridized carbons (Fsp3) is 0.611. The van der Waals surface area contributed by atoms with Gasteiger partial charge in [0.2, 0.25) is 5.91 Å². The molecule has 21 heavy (non-hydrogen) atoms. The summed E-state index contributed by atoms with van der Waals surface area (Å²) in [6, 6.07) is 10.5. The van der Waals surface area contributed by atoms with Gasteiger partial charge in [-0.2, -0.15) is 0 Å². The molecule has 1 aromatic carbocycles. The predicted octanol–water partition coefficient (Wildman–Crippen LogP) is 3.35. The number of rotatable bonds is 6. The zero-order valence-electron chi connectivity index (χ0n) is 13.6. The first kappa shape index (κ1) is 16.0. The minimum atomic E-state index is -0.326. The molecule has 0 aromatic heterocycles. The minimum Gasteiger partial charge on any atom is -0.334 e. The summed E-state index contributed by atoms with van der Waals surface area (Å²) in [6.07, 6.45) is 4.04. The van der Waals surface area contributed by atoms with Gasteiger partial charge < -0.3 is 10.2 Å². The number of nitrogens with one attached hydrogen (secondary N) is 1. The van der Waals surface area contributed by atoms with Gasteiger partial charge in [0.25, 0.3) is 0 Å². The monoisotopic (exact) mass is 288 g/mol. The van der Waals surface area contributed by atoms with Crippen molar-refractivity contribution in [1.29, 1.82) is 0 Å². The lowest BCUT2D eigenvalue weighted by atomic mass is 9.89. The number of amides is 1. The van der Waals surface area contributed by atoms with Crippen molar-refractivity contribution in [2.75, 3.05) is 6.54 Å². The van der Waals surface area contributed by atoms with Gasteiger partial charge in [-0.3, -0.25) is 4.79 Å². The van der Waals surface area contributed by atoms with Crippen LogP contribution < -0.4 is 5.32 Å². The Morgan fingerprint density at radius 2 is 2.05 bits per heavy atom. The molecule has 0 spiro atoms. The highest BCUT2D eigenvalue weighted by molar-refractivity contribution is 5.87. The molecule has 1 heterocycles. The summed E-state index contributed by atoms with van der Waals surface area (Å²) in [5, 5.41) is 3.50. The molecule has 0 radical (unpaired) electrons. The minimum absolute atomic E-state index is 0.217. The third kappa shape index (κ3) is 3.65. The molecule has 3 nitrogen and oxygen atoms in total. The van der Waals surface area contributed by atoms with E-state index in [9.17, 15) is 4.79 Å². The summed E-state index contributed by atoms with van der Waals surface area (Å²) in [4.78, 5) is 15.2. The predicted molar refractivity (Wildman–Crippen MR) is 87.0 cm³/mol. The summed E-state index contributed by atoms with van der Waals surface area (Å²) in [5.41, 5.74) is 0.873. The van der Waals surface area contributed by atoms with Crippen LogP contribution in [0.15, 0.2) is 30.3 Å². The summed E-state index contributed by atoms with van der Waals surface area (Å²) >= 11 is 0. The molecule has 3 heteroatoms. The van der Waals surface area contributed by atoms with Crippen molar-refractivity contribution in [3.8, 4) is 0 Å². The van der Waals surface area contributed by atoms with Crippen LogP contribution >= 0.6 is 0 Å². The van der Waals surface area contributed by atoms with E-state index in [1.54, 1.807) is 0 Å². The quantitative estimate of drug-likeness (QED) is 0.870. The Bertz CT molecular complexity index is 450. The van der Waals surface area contributed by atoms with E-state index in [1.165, 1.54) is 5.56 Å². The van der Waals surface area contributed by atoms with Gasteiger partial charge in [-0.05, 0) is 45.2 Å². The summed E-state index contributed by atoms with van der Waals surface area (Å²) in [6.45, 7) is 8.03. The molecule has 1 aromatic rings. The smallest absolute Gasteiger partial charge is 0.243 e. The van der Waals surface area contributed by atoms with Crippen LogP contribution in [0.4, 0.5) is 0 Å². The third-order valence-electron chi connectivity index (χ3n) is 4.41. The molecule has 1 N–H and O–H groups in total. The van der Waals surface area contributed by atoms with Crippen LogP contribution in [0.5, 0.6) is 0 Å². The SMILES string of the molecule is CCCC1(C(=O)N(Cc2ccccc2)C(C)C)CCCN1. The van der Waals surface area contributed by atoms with Gasteiger partial charge >= 0.3 is 0 Å². The van der Waals surface area contributed by atoms with Gasteiger partial charge in [0.1, 0.15) is 0 Å². The molecule has 0 bridgehead atoms. The second-order valence-electron chi connectivity index (χ2n) is 6.37. The largest absolute Gasteiger partial charge is 0.334 e. The van der Waals surface area contributed by atoms with E-state index >= 15 is 0 Å². The van der Waals surface area contributed by atoms with Crippen molar-refractivity contribution in [3.05, 3.63) is 35.9 Å². The Morgan fingerprint density at radius 3 is 2.57 bits per heavy atom. The van der Waals surface area contributed by atoms with E-state index < -0.39 is 0 Å². The second kappa shape index (κ2) is 7.08. The molecule has 1 aliphatic rings. The highest BCUT2D eigenvalue weighted by Gasteiger charge is 2.42. The second-order valence-corrected chi connectivity index (χ2v) is 6.37. The molecule has 0 aliphatic carbocycles. The van der Waals surface area contributed by atoms with Gasteiger partial charge in [-0.1, -0.05) is 43.7 Å². The van der Waals surface area contributed by atoms with Crippen molar-refractivity contribution in [2.24, 2.45) is 0 Å². The van der Waals surface area contributed by atoms with Crippen molar-refractivity contribution in [1.82, 2.24) is 10.2 Å². The first-order valence-electron chi connectivity index (χ1n) is 8.19. The number of benzene rings is 1. The Hall–Kier alpha value is -1.35. The molecule has 0 saturated carbocycles. The fourth-order valence-corrected chi connectivity index (χ4v) is 3.28. The van der Waals surface area contributed by atoms with Crippen LogP contribution in [-0.4, -0.2) is 28.9 Å². The number of carbonyl (C=O) groups is 1. The normalized spacial score (nSPS) is 21.7. The molecule has 1 atom stereocenters. The maximum atomic E-state index is 13.2. The molecule has 1 fully saturated rings. The molecule has 1 saturated heterocycles. The van der Waals surface area contributed by atoms with Gasteiger partial charge in [0.15, 0.2) is 0 Å². The van der Waals surface area contributed by atoms with Crippen LogP contribution in [0.25, 0.3) is 0 Å². The van der Waals surface area contributed by atoms with E-state index in [4.69, 9.17) is 0 Å². The maximum absolute atomic E-state index is 13.2. The van der Waals surface area contributed by atoms with Crippen LogP contribution in [0.3, 0.4) is 0 Å². The van der Waals surface area contributed by atoms with Crippen LogP contribution in [0.2, 0.25) is 0 Å². The van der Waals surface area contributed by atoms with Gasteiger partial charge in [0.05, 0.1) is 5.54 Å². The molecular weight excluding hydrogens is 260 g/mol. The summed E-state index contributed by atoms with van der Waals surface area (Å²) in [5.74, 6) is 0.278. The van der Waals surface area contributed by atoms with Gasteiger partial charge in [0, 0.05) is 12.6 Å². The topological polar surface area (TPSA) is 32.3 Å². The summed E-state index contributed by atoms with van der Waals surface area (Å²) in [7, 11) is 0. The van der Waals surface area contributed by atoms with E-state index in [0.29, 0.717) is 6.54 Å². The Morgan fingerprint density at radius 1 is 1.33 bits per heavy atom. The Labute approximate surface area is 128 Å². The molecule has 1 unspecified atom stereocenters. The Kier molecular flexibility index (Phi) is 5.40. The van der Waals surface area contributed by atoms with Crippen molar-refractivity contribution >= 4 is 5.91 Å². The maximum Gasteiger partial charge on any atom is 0.243 e. The average molecular weight is 288 g/mol. The zero-order chi connectivity index (χ0) is 15.3.